The quantitative estimate of drug-likeness (QED) is 0.872. The molecule has 1 aromatic rings. The highest BCUT2D eigenvalue weighted by Gasteiger charge is 2.26. The van der Waals surface area contributed by atoms with Crippen LogP contribution in [0.1, 0.15) is 31.2 Å². The minimum atomic E-state index is -0.0870. The molecule has 0 bridgehead atoms. The van der Waals surface area contributed by atoms with Crippen molar-refractivity contribution in [2.45, 2.75) is 38.6 Å². The van der Waals surface area contributed by atoms with Crippen LogP contribution < -0.4 is 10.6 Å². The Morgan fingerprint density at radius 2 is 1.88 bits per heavy atom. The molecule has 2 aliphatic rings. The van der Waals surface area contributed by atoms with Gasteiger partial charge in [0.15, 0.2) is 0 Å². The zero-order chi connectivity index (χ0) is 16.8. The second kappa shape index (κ2) is 8.77. The van der Waals surface area contributed by atoms with E-state index in [-0.39, 0.29) is 6.03 Å². The van der Waals surface area contributed by atoms with Crippen molar-refractivity contribution in [3.05, 3.63) is 29.8 Å². The van der Waals surface area contributed by atoms with E-state index in [0.29, 0.717) is 5.92 Å². The number of carbonyl (C=O) groups excluding carboxylic acids is 1. The molecule has 2 N–H and O–H groups in total. The number of hydrogen-bond acceptors (Lipinski definition) is 3. The highest BCUT2D eigenvalue weighted by molar-refractivity contribution is 7.99. The van der Waals surface area contributed by atoms with E-state index in [1.165, 1.54) is 50.3 Å². The van der Waals surface area contributed by atoms with Crippen LogP contribution in [-0.4, -0.2) is 48.1 Å². The van der Waals surface area contributed by atoms with Crippen LogP contribution in [0.25, 0.3) is 0 Å². The van der Waals surface area contributed by atoms with Crippen LogP contribution in [0, 0.1) is 12.8 Å². The summed E-state index contributed by atoms with van der Waals surface area (Å²) in [6.07, 6.45) is 5.11. The number of hydrogen-bond donors (Lipinski definition) is 2. The Hall–Kier alpha value is -1.20. The highest BCUT2D eigenvalue weighted by atomic mass is 32.2. The van der Waals surface area contributed by atoms with E-state index in [4.69, 9.17) is 0 Å². The number of amides is 2. The number of nitrogens with zero attached hydrogens (tertiary/aromatic N) is 1. The Balaban J connectivity index is 1.37. The van der Waals surface area contributed by atoms with Crippen LogP contribution >= 0.6 is 11.8 Å². The summed E-state index contributed by atoms with van der Waals surface area (Å²) in [6, 6.07) is 8.60. The Labute approximate surface area is 149 Å². The molecule has 0 unspecified atom stereocenters. The SMILES string of the molecule is Cc1ccccc1NC(=O)NCC1CCN(C2CCSCC2)CC1. The molecule has 0 radical (unpaired) electrons. The van der Waals surface area contributed by atoms with Gasteiger partial charge in [-0.1, -0.05) is 18.2 Å². The van der Waals surface area contributed by atoms with Crippen LogP contribution in [0.3, 0.4) is 0 Å². The molecule has 2 saturated heterocycles. The van der Waals surface area contributed by atoms with E-state index >= 15 is 0 Å². The predicted octanol–water partition coefficient (Wildman–Crippen LogP) is 3.72. The summed E-state index contributed by atoms with van der Waals surface area (Å²) in [4.78, 5) is 14.8. The summed E-state index contributed by atoms with van der Waals surface area (Å²) in [7, 11) is 0. The second-order valence-corrected chi connectivity index (χ2v) is 8.20. The van der Waals surface area contributed by atoms with Crippen molar-refractivity contribution in [1.29, 1.82) is 0 Å². The monoisotopic (exact) mass is 347 g/mol. The number of benzene rings is 1. The number of piperidine rings is 1. The third-order valence-electron chi connectivity index (χ3n) is 5.30. The first-order valence-electron chi connectivity index (χ1n) is 9.14. The lowest BCUT2D eigenvalue weighted by molar-refractivity contribution is 0.125. The smallest absolute Gasteiger partial charge is 0.319 e. The summed E-state index contributed by atoms with van der Waals surface area (Å²) >= 11 is 2.10. The zero-order valence-corrected chi connectivity index (χ0v) is 15.4. The molecule has 0 spiro atoms. The lowest BCUT2D eigenvalue weighted by Gasteiger charge is -2.39. The number of anilines is 1. The third kappa shape index (κ3) is 4.90. The molecule has 2 heterocycles. The molecule has 2 aliphatic heterocycles. The van der Waals surface area contributed by atoms with Gasteiger partial charge in [0.2, 0.25) is 0 Å². The van der Waals surface area contributed by atoms with Gasteiger partial charge in [0.1, 0.15) is 0 Å². The molecule has 5 heteroatoms. The van der Waals surface area contributed by atoms with Gasteiger partial charge in [-0.05, 0) is 74.7 Å². The second-order valence-electron chi connectivity index (χ2n) is 6.97. The standard InChI is InChI=1S/C19H29N3OS/c1-15-4-2-3-5-18(15)21-19(23)20-14-16-6-10-22(11-7-16)17-8-12-24-13-9-17/h2-5,16-17H,6-14H2,1H3,(H2,20,21,23). The van der Waals surface area contributed by atoms with Crippen LogP contribution in [0.5, 0.6) is 0 Å². The van der Waals surface area contributed by atoms with Crippen molar-refractivity contribution in [2.24, 2.45) is 5.92 Å². The van der Waals surface area contributed by atoms with Gasteiger partial charge in [0, 0.05) is 18.3 Å². The molecule has 0 saturated carbocycles. The molecule has 4 nitrogen and oxygen atoms in total. The van der Waals surface area contributed by atoms with Crippen molar-refractivity contribution < 1.29 is 4.79 Å². The first kappa shape index (κ1) is 17.6. The molecule has 1 aromatic carbocycles. The van der Waals surface area contributed by atoms with Gasteiger partial charge < -0.3 is 15.5 Å². The number of nitrogens with one attached hydrogen (secondary N) is 2. The van der Waals surface area contributed by atoms with Gasteiger partial charge in [-0.25, -0.2) is 4.79 Å². The molecule has 0 aromatic heterocycles. The van der Waals surface area contributed by atoms with E-state index < -0.39 is 0 Å². The first-order chi connectivity index (χ1) is 11.7. The Morgan fingerprint density at radius 3 is 2.58 bits per heavy atom. The number of thioether (sulfide) groups is 1. The largest absolute Gasteiger partial charge is 0.338 e. The topological polar surface area (TPSA) is 44.4 Å². The van der Waals surface area contributed by atoms with E-state index in [1.54, 1.807) is 0 Å². The minimum Gasteiger partial charge on any atom is -0.338 e. The van der Waals surface area contributed by atoms with Crippen molar-refractivity contribution in [3.8, 4) is 0 Å². The average molecular weight is 348 g/mol. The van der Waals surface area contributed by atoms with Crippen LogP contribution in [0.15, 0.2) is 24.3 Å². The summed E-state index contributed by atoms with van der Waals surface area (Å²) < 4.78 is 0. The average Bonchev–Trinajstić information content (AvgIpc) is 2.63. The number of carbonyl (C=O) groups is 1. The number of likely N-dealkylation sites (tertiary alicyclic amines) is 1. The molecule has 2 fully saturated rings. The number of urea groups is 1. The molecule has 0 atom stereocenters. The summed E-state index contributed by atoms with van der Waals surface area (Å²) in [5, 5.41) is 6.00. The molecule has 0 aliphatic carbocycles. The zero-order valence-electron chi connectivity index (χ0n) is 14.6. The predicted molar refractivity (Wildman–Crippen MR) is 103 cm³/mol. The molecule has 132 valence electrons. The van der Waals surface area contributed by atoms with Crippen LogP contribution in [0.4, 0.5) is 10.5 Å². The Bertz CT molecular complexity index is 537. The maximum Gasteiger partial charge on any atom is 0.319 e. The fourth-order valence-electron chi connectivity index (χ4n) is 3.69. The maximum absolute atomic E-state index is 12.1. The minimum absolute atomic E-state index is 0.0870. The van der Waals surface area contributed by atoms with E-state index in [0.717, 1.165) is 23.8 Å². The van der Waals surface area contributed by atoms with Gasteiger partial charge in [-0.2, -0.15) is 11.8 Å². The molecular weight excluding hydrogens is 318 g/mol. The molecule has 24 heavy (non-hydrogen) atoms. The van der Waals surface area contributed by atoms with Gasteiger partial charge in [0.05, 0.1) is 0 Å². The van der Waals surface area contributed by atoms with Crippen molar-refractivity contribution in [2.75, 3.05) is 36.5 Å². The Kier molecular flexibility index (Phi) is 6.44. The lowest BCUT2D eigenvalue weighted by atomic mass is 9.94. The van der Waals surface area contributed by atoms with E-state index in [9.17, 15) is 4.79 Å². The summed E-state index contributed by atoms with van der Waals surface area (Å²) in [5.41, 5.74) is 1.98. The van der Waals surface area contributed by atoms with Crippen molar-refractivity contribution in [1.82, 2.24) is 10.2 Å². The summed E-state index contributed by atoms with van der Waals surface area (Å²) in [6.45, 7) is 5.18. The van der Waals surface area contributed by atoms with Gasteiger partial charge in [0.25, 0.3) is 0 Å². The van der Waals surface area contributed by atoms with Crippen LogP contribution in [0.2, 0.25) is 0 Å². The molecular formula is C19H29N3OS. The highest BCUT2D eigenvalue weighted by Crippen LogP contribution is 2.26. The number of para-hydroxylation sites is 1. The number of aryl methyl sites for hydroxylation is 1. The van der Waals surface area contributed by atoms with E-state index in [2.05, 4.69) is 27.3 Å². The van der Waals surface area contributed by atoms with E-state index in [1.807, 2.05) is 31.2 Å². The van der Waals surface area contributed by atoms with Crippen molar-refractivity contribution in [3.63, 3.8) is 0 Å². The normalized spacial score (nSPS) is 20.7. The van der Waals surface area contributed by atoms with Gasteiger partial charge >= 0.3 is 6.03 Å². The summed E-state index contributed by atoms with van der Waals surface area (Å²) in [5.74, 6) is 3.26. The lowest BCUT2D eigenvalue weighted by Crippen LogP contribution is -2.45. The maximum atomic E-state index is 12.1. The third-order valence-corrected chi connectivity index (χ3v) is 6.35. The fourth-order valence-corrected chi connectivity index (χ4v) is 4.77. The molecule has 3 rings (SSSR count). The molecule has 2 amide bonds. The Morgan fingerprint density at radius 1 is 1.17 bits per heavy atom. The van der Waals surface area contributed by atoms with Gasteiger partial charge in [-0.15, -0.1) is 0 Å². The van der Waals surface area contributed by atoms with Crippen molar-refractivity contribution >= 4 is 23.5 Å². The fraction of sp³-hybridized carbons (Fsp3) is 0.632. The van der Waals surface area contributed by atoms with Crippen LogP contribution in [-0.2, 0) is 0 Å². The number of rotatable bonds is 4. The van der Waals surface area contributed by atoms with Gasteiger partial charge in [-0.3, -0.25) is 0 Å². The first-order valence-corrected chi connectivity index (χ1v) is 10.3.